The second-order valence-corrected chi connectivity index (χ2v) is 9.91. The fourth-order valence-corrected chi connectivity index (χ4v) is 4.43. The zero-order chi connectivity index (χ0) is 24.3. The number of anilines is 1. The molecule has 8 nitrogen and oxygen atoms in total. The van der Waals surface area contributed by atoms with Crippen molar-refractivity contribution in [2.75, 3.05) is 30.6 Å². The Morgan fingerprint density at radius 3 is 2.24 bits per heavy atom. The summed E-state index contributed by atoms with van der Waals surface area (Å²) in [5, 5.41) is 8.74. The Hall–Kier alpha value is -2.49. The highest BCUT2D eigenvalue weighted by Gasteiger charge is 2.14. The number of nitrogens with one attached hydrogen (secondary N) is 4. The summed E-state index contributed by atoms with van der Waals surface area (Å²) in [5.74, 6) is -0.392. The van der Waals surface area contributed by atoms with Gasteiger partial charge < -0.3 is 16.0 Å². The Balaban J connectivity index is 1.75. The molecule has 0 radical (unpaired) electrons. The van der Waals surface area contributed by atoms with Gasteiger partial charge in [-0.25, -0.2) is 13.2 Å². The summed E-state index contributed by atoms with van der Waals surface area (Å²) in [4.78, 5) is 23.3. The minimum atomic E-state index is -3.61. The molecule has 0 aliphatic heterocycles. The molecule has 0 saturated heterocycles. The maximum Gasteiger partial charge on any atom is 0.314 e. The van der Waals surface area contributed by atoms with Crippen molar-refractivity contribution in [3.63, 3.8) is 0 Å². The van der Waals surface area contributed by atoms with Gasteiger partial charge in [0.25, 0.3) is 5.91 Å². The zero-order valence-electron chi connectivity index (χ0n) is 18.3. The maximum atomic E-state index is 12.4. The van der Waals surface area contributed by atoms with E-state index in [4.69, 9.17) is 23.2 Å². The summed E-state index contributed by atoms with van der Waals surface area (Å²) in [6, 6.07) is 11.1. The molecule has 0 fully saturated rings. The van der Waals surface area contributed by atoms with E-state index in [2.05, 4.69) is 20.7 Å². The first-order valence-electron chi connectivity index (χ1n) is 10.5. The molecule has 0 aromatic heterocycles. The fraction of sp³-hybridized carbons (Fsp3) is 0.364. The van der Waals surface area contributed by atoms with E-state index in [-0.39, 0.29) is 24.1 Å². The quantitative estimate of drug-likeness (QED) is 0.322. The van der Waals surface area contributed by atoms with Crippen molar-refractivity contribution < 1.29 is 18.0 Å². The van der Waals surface area contributed by atoms with Gasteiger partial charge in [-0.1, -0.05) is 35.3 Å². The number of unbranched alkanes of at least 4 members (excludes halogenated alkanes) is 2. The Morgan fingerprint density at radius 1 is 0.909 bits per heavy atom. The SMILES string of the molecule is CNC(=O)NCCCCCNC(=O)c1ccc(NS(=O)(=O)CCc2cccc(Cl)c2Cl)cc1. The van der Waals surface area contributed by atoms with Crippen LogP contribution in [0.2, 0.25) is 10.0 Å². The molecule has 11 heteroatoms. The molecule has 0 saturated carbocycles. The third-order valence-electron chi connectivity index (χ3n) is 4.74. The Kier molecular flexibility index (Phi) is 10.8. The number of hydrogen-bond acceptors (Lipinski definition) is 4. The Bertz CT molecular complexity index is 1050. The van der Waals surface area contributed by atoms with Crippen molar-refractivity contribution in [1.29, 1.82) is 0 Å². The minimum absolute atomic E-state index is 0.159. The highest BCUT2D eigenvalue weighted by atomic mass is 35.5. The summed E-state index contributed by atoms with van der Waals surface area (Å²) in [6.07, 6.45) is 2.69. The van der Waals surface area contributed by atoms with Crippen LogP contribution in [0.1, 0.15) is 35.2 Å². The van der Waals surface area contributed by atoms with Crippen molar-refractivity contribution in [1.82, 2.24) is 16.0 Å². The molecule has 2 rings (SSSR count). The number of carbonyl (C=O) groups is 2. The van der Waals surface area contributed by atoms with E-state index in [1.807, 2.05) is 0 Å². The molecule has 4 N–H and O–H groups in total. The van der Waals surface area contributed by atoms with Gasteiger partial charge in [0.1, 0.15) is 0 Å². The second-order valence-electron chi connectivity index (χ2n) is 7.28. The molecular formula is C22H28Cl2N4O4S. The van der Waals surface area contributed by atoms with Crippen LogP contribution in [0.25, 0.3) is 0 Å². The fourth-order valence-electron chi connectivity index (χ4n) is 2.93. The number of rotatable bonds is 12. The average molecular weight is 515 g/mol. The van der Waals surface area contributed by atoms with Crippen molar-refractivity contribution in [3.8, 4) is 0 Å². The molecule has 0 aliphatic carbocycles. The number of sulfonamides is 1. The number of amides is 3. The first kappa shape index (κ1) is 26.8. The summed E-state index contributed by atoms with van der Waals surface area (Å²) in [6.45, 7) is 1.09. The van der Waals surface area contributed by atoms with E-state index in [1.165, 1.54) is 0 Å². The van der Waals surface area contributed by atoms with Crippen molar-refractivity contribution in [2.45, 2.75) is 25.7 Å². The van der Waals surface area contributed by atoms with Gasteiger partial charge in [-0.05, 0) is 61.6 Å². The molecule has 0 spiro atoms. The van der Waals surface area contributed by atoms with Crippen LogP contribution < -0.4 is 20.7 Å². The largest absolute Gasteiger partial charge is 0.352 e. The van der Waals surface area contributed by atoms with Crippen molar-refractivity contribution >= 4 is 50.9 Å². The Morgan fingerprint density at radius 2 is 1.58 bits per heavy atom. The molecule has 180 valence electrons. The standard InChI is InChI=1S/C22H28Cl2N4O4S/c1-25-22(30)27-14-4-2-3-13-26-21(29)17-8-10-18(11-9-17)28-33(31,32)15-12-16-6-5-7-19(23)20(16)24/h5-11,28H,2-4,12-15H2,1H3,(H,26,29)(H2,25,27,30). The van der Waals surface area contributed by atoms with E-state index in [1.54, 1.807) is 49.5 Å². The van der Waals surface area contributed by atoms with E-state index in [0.29, 0.717) is 39.9 Å². The van der Waals surface area contributed by atoms with Gasteiger partial charge in [0.2, 0.25) is 10.0 Å². The van der Waals surface area contributed by atoms with Crippen LogP contribution in [0.3, 0.4) is 0 Å². The van der Waals surface area contributed by atoms with Crippen LogP contribution in [0.5, 0.6) is 0 Å². The molecule has 0 atom stereocenters. The maximum absolute atomic E-state index is 12.4. The molecule has 0 aliphatic rings. The van der Waals surface area contributed by atoms with Gasteiger partial charge in [-0.15, -0.1) is 0 Å². The predicted octanol–water partition coefficient (Wildman–Crippen LogP) is 3.81. The van der Waals surface area contributed by atoms with Crippen LogP contribution in [0.4, 0.5) is 10.5 Å². The molecular weight excluding hydrogens is 487 g/mol. The van der Waals surface area contributed by atoms with Gasteiger partial charge in [-0.2, -0.15) is 0 Å². The van der Waals surface area contributed by atoms with Crippen LogP contribution >= 0.6 is 23.2 Å². The van der Waals surface area contributed by atoms with Crippen LogP contribution in [0.15, 0.2) is 42.5 Å². The van der Waals surface area contributed by atoms with E-state index < -0.39 is 10.0 Å². The number of halogens is 2. The minimum Gasteiger partial charge on any atom is -0.352 e. The number of hydrogen-bond donors (Lipinski definition) is 4. The first-order valence-corrected chi connectivity index (χ1v) is 12.9. The summed E-state index contributed by atoms with van der Waals surface area (Å²) in [5.41, 5.74) is 1.46. The number of urea groups is 1. The zero-order valence-corrected chi connectivity index (χ0v) is 20.6. The normalized spacial score (nSPS) is 11.0. The molecule has 33 heavy (non-hydrogen) atoms. The van der Waals surface area contributed by atoms with Gasteiger partial charge in [0, 0.05) is 31.4 Å². The lowest BCUT2D eigenvalue weighted by molar-refractivity contribution is 0.0953. The van der Waals surface area contributed by atoms with Crippen LogP contribution in [-0.4, -0.2) is 46.2 Å². The lowest BCUT2D eigenvalue weighted by Crippen LogP contribution is -2.33. The lowest BCUT2D eigenvalue weighted by atomic mass is 10.2. The highest BCUT2D eigenvalue weighted by Crippen LogP contribution is 2.26. The van der Waals surface area contributed by atoms with E-state index in [9.17, 15) is 18.0 Å². The van der Waals surface area contributed by atoms with Gasteiger partial charge >= 0.3 is 6.03 Å². The molecule has 3 amide bonds. The summed E-state index contributed by atoms with van der Waals surface area (Å²) >= 11 is 12.1. The molecule has 2 aromatic rings. The first-order chi connectivity index (χ1) is 15.7. The van der Waals surface area contributed by atoms with Crippen molar-refractivity contribution in [2.24, 2.45) is 0 Å². The summed E-state index contributed by atoms with van der Waals surface area (Å²) < 4.78 is 27.3. The topological polar surface area (TPSA) is 116 Å². The smallest absolute Gasteiger partial charge is 0.314 e. The average Bonchev–Trinajstić information content (AvgIpc) is 2.79. The van der Waals surface area contributed by atoms with Gasteiger partial charge in [0.15, 0.2) is 0 Å². The number of aryl methyl sites for hydroxylation is 1. The van der Waals surface area contributed by atoms with E-state index >= 15 is 0 Å². The van der Waals surface area contributed by atoms with E-state index in [0.717, 1.165) is 19.3 Å². The molecule has 2 aromatic carbocycles. The molecule has 0 heterocycles. The molecule has 0 unspecified atom stereocenters. The lowest BCUT2D eigenvalue weighted by Gasteiger charge is -2.10. The number of benzene rings is 2. The highest BCUT2D eigenvalue weighted by molar-refractivity contribution is 7.92. The number of carbonyl (C=O) groups excluding carboxylic acids is 2. The van der Waals surface area contributed by atoms with Crippen molar-refractivity contribution in [3.05, 3.63) is 63.6 Å². The Labute approximate surface area is 204 Å². The third-order valence-corrected chi connectivity index (χ3v) is 6.89. The van der Waals surface area contributed by atoms with Crippen LogP contribution in [-0.2, 0) is 16.4 Å². The second kappa shape index (κ2) is 13.3. The monoisotopic (exact) mass is 514 g/mol. The molecule has 0 bridgehead atoms. The van der Waals surface area contributed by atoms with Crippen LogP contribution in [0, 0.1) is 0 Å². The van der Waals surface area contributed by atoms with Gasteiger partial charge in [-0.3, -0.25) is 9.52 Å². The predicted molar refractivity (Wildman–Crippen MR) is 133 cm³/mol. The van der Waals surface area contributed by atoms with Gasteiger partial charge in [0.05, 0.1) is 15.8 Å². The third kappa shape index (κ3) is 9.49. The summed E-state index contributed by atoms with van der Waals surface area (Å²) in [7, 11) is -2.05.